The number of rotatable bonds is 6. The summed E-state index contributed by atoms with van der Waals surface area (Å²) in [5.74, 6) is 1.65. The third-order valence-electron chi connectivity index (χ3n) is 6.78. The summed E-state index contributed by atoms with van der Waals surface area (Å²) < 4.78 is 6.15. The number of piperidine rings is 1. The van der Waals surface area contributed by atoms with Gasteiger partial charge in [-0.25, -0.2) is 0 Å². The zero-order valence-electron chi connectivity index (χ0n) is 18.8. The van der Waals surface area contributed by atoms with E-state index < -0.39 is 0 Å². The number of hydrogen-bond donors (Lipinski definition) is 1. The molecule has 30 heavy (non-hydrogen) atoms. The molecule has 3 heterocycles. The molecule has 4 rings (SSSR count). The van der Waals surface area contributed by atoms with Crippen LogP contribution >= 0.6 is 0 Å². The Balaban J connectivity index is 1.29. The van der Waals surface area contributed by atoms with Gasteiger partial charge in [0.25, 0.3) is 0 Å². The maximum Gasteiger partial charge on any atom is 0.193 e. The molecule has 166 valence electrons. The van der Waals surface area contributed by atoms with Crippen LogP contribution in [-0.2, 0) is 11.3 Å². The standard InChI is InChI=1S/C24H39N5O/c1-20(16-27-11-7-4-8-12-27)15-26-24(25-2)29-18-22-23(19-29)30-14-13-28(22)17-21-9-5-3-6-10-21/h3,5-6,9-10,20,22-23H,4,7-8,11-19H2,1-2H3,(H,25,26). The average Bonchev–Trinajstić information content (AvgIpc) is 3.21. The van der Waals surface area contributed by atoms with Crippen molar-refractivity contribution in [2.45, 2.75) is 44.9 Å². The van der Waals surface area contributed by atoms with Gasteiger partial charge in [0.15, 0.2) is 5.96 Å². The Bertz CT molecular complexity index is 675. The minimum atomic E-state index is 0.270. The van der Waals surface area contributed by atoms with Crippen LogP contribution in [0.25, 0.3) is 0 Å². The van der Waals surface area contributed by atoms with E-state index in [4.69, 9.17) is 4.74 Å². The van der Waals surface area contributed by atoms with Crippen LogP contribution in [0.15, 0.2) is 35.3 Å². The first kappa shape index (κ1) is 21.6. The number of nitrogens with zero attached hydrogens (tertiary/aromatic N) is 4. The van der Waals surface area contributed by atoms with Gasteiger partial charge in [0, 0.05) is 46.3 Å². The van der Waals surface area contributed by atoms with Crippen LogP contribution in [0.3, 0.4) is 0 Å². The summed E-state index contributed by atoms with van der Waals surface area (Å²) in [6.45, 7) is 11.8. The van der Waals surface area contributed by atoms with E-state index in [2.05, 4.69) is 62.3 Å². The minimum Gasteiger partial charge on any atom is -0.373 e. The number of hydrogen-bond acceptors (Lipinski definition) is 4. The van der Waals surface area contributed by atoms with Crippen LogP contribution in [0.1, 0.15) is 31.7 Å². The summed E-state index contributed by atoms with van der Waals surface area (Å²) in [7, 11) is 1.90. The number of likely N-dealkylation sites (tertiary alicyclic amines) is 2. The molecule has 3 atom stereocenters. The number of guanidine groups is 1. The zero-order valence-corrected chi connectivity index (χ0v) is 18.8. The number of morpholine rings is 1. The van der Waals surface area contributed by atoms with Crippen molar-refractivity contribution in [1.29, 1.82) is 0 Å². The number of aliphatic imine (C=N–C) groups is 1. The molecular formula is C24H39N5O. The van der Waals surface area contributed by atoms with Gasteiger partial charge >= 0.3 is 0 Å². The van der Waals surface area contributed by atoms with E-state index in [9.17, 15) is 0 Å². The van der Waals surface area contributed by atoms with Gasteiger partial charge in [-0.15, -0.1) is 0 Å². The molecule has 3 fully saturated rings. The first-order valence-corrected chi connectivity index (χ1v) is 11.8. The molecule has 1 aromatic carbocycles. The van der Waals surface area contributed by atoms with Gasteiger partial charge in [0.2, 0.25) is 0 Å². The van der Waals surface area contributed by atoms with Gasteiger partial charge in [-0.3, -0.25) is 9.89 Å². The fourth-order valence-electron chi connectivity index (χ4n) is 5.19. The lowest BCUT2D eigenvalue weighted by atomic mass is 10.1. The van der Waals surface area contributed by atoms with Gasteiger partial charge in [-0.05, 0) is 37.4 Å². The van der Waals surface area contributed by atoms with E-state index in [1.807, 2.05) is 7.05 Å². The first-order valence-electron chi connectivity index (χ1n) is 11.8. The van der Waals surface area contributed by atoms with Crippen LogP contribution < -0.4 is 5.32 Å². The summed E-state index contributed by atoms with van der Waals surface area (Å²) in [4.78, 5) is 12.2. The van der Waals surface area contributed by atoms with E-state index >= 15 is 0 Å². The molecule has 1 aromatic rings. The highest BCUT2D eigenvalue weighted by atomic mass is 16.5. The van der Waals surface area contributed by atoms with E-state index in [1.165, 1.54) is 44.5 Å². The van der Waals surface area contributed by atoms with Gasteiger partial charge in [0.05, 0.1) is 18.8 Å². The fourth-order valence-corrected chi connectivity index (χ4v) is 5.19. The van der Waals surface area contributed by atoms with E-state index in [1.54, 1.807) is 0 Å². The lowest BCUT2D eigenvalue weighted by molar-refractivity contribution is -0.0502. The second kappa shape index (κ2) is 10.6. The van der Waals surface area contributed by atoms with Gasteiger partial charge in [0.1, 0.15) is 0 Å². The SMILES string of the molecule is CN=C(NCC(C)CN1CCCCC1)N1CC2OCCN(Cc3ccccc3)C2C1. The summed E-state index contributed by atoms with van der Waals surface area (Å²) >= 11 is 0. The lowest BCUT2D eigenvalue weighted by Crippen LogP contribution is -2.50. The Labute approximate surface area is 182 Å². The lowest BCUT2D eigenvalue weighted by Gasteiger charge is -2.36. The second-order valence-corrected chi connectivity index (χ2v) is 9.23. The molecule has 3 aliphatic heterocycles. The molecule has 3 aliphatic rings. The Kier molecular flexibility index (Phi) is 7.63. The maximum absolute atomic E-state index is 6.15. The highest BCUT2D eigenvalue weighted by Gasteiger charge is 2.41. The molecule has 1 N–H and O–H groups in total. The number of fused-ring (bicyclic) bond motifs is 1. The predicted octanol–water partition coefficient (Wildman–Crippen LogP) is 2.27. The quantitative estimate of drug-likeness (QED) is 0.573. The topological polar surface area (TPSA) is 43.3 Å². The Morgan fingerprint density at radius 2 is 1.93 bits per heavy atom. The average molecular weight is 414 g/mol. The number of nitrogens with one attached hydrogen (secondary N) is 1. The van der Waals surface area contributed by atoms with Gasteiger partial charge in [-0.1, -0.05) is 43.7 Å². The van der Waals surface area contributed by atoms with Crippen molar-refractivity contribution in [3.05, 3.63) is 35.9 Å². The molecule has 0 amide bonds. The van der Waals surface area contributed by atoms with Crippen LogP contribution in [-0.4, -0.2) is 92.3 Å². The van der Waals surface area contributed by atoms with Crippen LogP contribution in [0.2, 0.25) is 0 Å². The van der Waals surface area contributed by atoms with E-state index in [0.717, 1.165) is 45.3 Å². The second-order valence-electron chi connectivity index (χ2n) is 9.23. The summed E-state index contributed by atoms with van der Waals surface area (Å²) in [5.41, 5.74) is 1.38. The van der Waals surface area contributed by atoms with Crippen molar-refractivity contribution in [2.75, 3.05) is 59.5 Å². The molecule has 3 saturated heterocycles. The van der Waals surface area contributed by atoms with Crippen LogP contribution in [0.4, 0.5) is 0 Å². The largest absolute Gasteiger partial charge is 0.373 e. The van der Waals surface area contributed by atoms with E-state index in [0.29, 0.717) is 12.0 Å². The van der Waals surface area contributed by atoms with Crippen molar-refractivity contribution < 1.29 is 4.74 Å². The monoisotopic (exact) mass is 413 g/mol. The molecule has 0 spiro atoms. The number of ether oxygens (including phenoxy) is 1. The third-order valence-corrected chi connectivity index (χ3v) is 6.78. The van der Waals surface area contributed by atoms with Crippen molar-refractivity contribution in [3.8, 4) is 0 Å². The summed E-state index contributed by atoms with van der Waals surface area (Å²) in [5, 5.41) is 3.65. The molecular weight excluding hydrogens is 374 g/mol. The molecule has 6 heteroatoms. The Morgan fingerprint density at radius 3 is 2.70 bits per heavy atom. The van der Waals surface area contributed by atoms with Crippen molar-refractivity contribution in [1.82, 2.24) is 20.0 Å². The summed E-state index contributed by atoms with van der Waals surface area (Å²) in [6.07, 6.45) is 4.39. The van der Waals surface area contributed by atoms with Crippen molar-refractivity contribution >= 4 is 5.96 Å². The molecule has 6 nitrogen and oxygen atoms in total. The normalized spacial score (nSPS) is 27.1. The molecule has 3 unspecified atom stereocenters. The predicted molar refractivity (Wildman–Crippen MR) is 123 cm³/mol. The first-order chi connectivity index (χ1) is 14.7. The van der Waals surface area contributed by atoms with Crippen LogP contribution in [0, 0.1) is 5.92 Å². The highest BCUT2D eigenvalue weighted by Crippen LogP contribution is 2.24. The fraction of sp³-hybridized carbons (Fsp3) is 0.708. The van der Waals surface area contributed by atoms with Crippen molar-refractivity contribution in [3.63, 3.8) is 0 Å². The van der Waals surface area contributed by atoms with Gasteiger partial charge < -0.3 is 19.9 Å². The third kappa shape index (κ3) is 5.54. The Morgan fingerprint density at radius 1 is 1.13 bits per heavy atom. The van der Waals surface area contributed by atoms with Crippen molar-refractivity contribution in [2.24, 2.45) is 10.9 Å². The molecule has 0 saturated carbocycles. The summed E-state index contributed by atoms with van der Waals surface area (Å²) in [6, 6.07) is 11.2. The van der Waals surface area contributed by atoms with Gasteiger partial charge in [-0.2, -0.15) is 0 Å². The molecule has 0 radical (unpaired) electrons. The molecule has 0 aliphatic carbocycles. The number of benzene rings is 1. The maximum atomic E-state index is 6.15. The van der Waals surface area contributed by atoms with E-state index in [-0.39, 0.29) is 6.10 Å². The highest BCUT2D eigenvalue weighted by molar-refractivity contribution is 5.80. The molecule has 0 bridgehead atoms. The Hall–Kier alpha value is -1.63. The minimum absolute atomic E-state index is 0.270. The van der Waals surface area contributed by atoms with Crippen LogP contribution in [0.5, 0.6) is 0 Å². The smallest absolute Gasteiger partial charge is 0.193 e. The zero-order chi connectivity index (χ0) is 20.8. The molecule has 0 aromatic heterocycles.